The Kier molecular flexibility index (Phi) is 5.38. The van der Waals surface area contributed by atoms with Crippen LogP contribution in [0, 0.1) is 5.92 Å². The van der Waals surface area contributed by atoms with E-state index in [1.165, 1.54) is 12.1 Å². The van der Waals surface area contributed by atoms with Crippen LogP contribution >= 0.6 is 0 Å². The zero-order valence-electron chi connectivity index (χ0n) is 11.2. The van der Waals surface area contributed by atoms with Crippen LogP contribution in [-0.2, 0) is 4.79 Å². The van der Waals surface area contributed by atoms with Gasteiger partial charge in [0.2, 0.25) is 5.91 Å². The molecule has 20 heavy (non-hydrogen) atoms. The largest absolute Gasteiger partial charge is 0.573 e. The lowest BCUT2D eigenvalue weighted by Crippen LogP contribution is -2.40. The molecule has 1 amide bonds. The summed E-state index contributed by atoms with van der Waals surface area (Å²) >= 11 is 0. The molecule has 1 rings (SSSR count). The van der Waals surface area contributed by atoms with Crippen molar-refractivity contribution in [2.45, 2.75) is 32.7 Å². The van der Waals surface area contributed by atoms with Gasteiger partial charge in [-0.15, -0.1) is 13.2 Å². The second-order valence-electron chi connectivity index (χ2n) is 4.47. The van der Waals surface area contributed by atoms with E-state index in [1.807, 2.05) is 13.8 Å². The van der Waals surface area contributed by atoms with E-state index in [2.05, 4.69) is 10.1 Å². The van der Waals surface area contributed by atoms with Gasteiger partial charge in [-0.25, -0.2) is 0 Å². The molecule has 7 heteroatoms. The smallest absolute Gasteiger partial charge is 0.406 e. The van der Waals surface area contributed by atoms with Gasteiger partial charge < -0.3 is 15.8 Å². The molecule has 0 aliphatic heterocycles. The fourth-order valence-corrected chi connectivity index (χ4v) is 1.48. The number of nitrogens with one attached hydrogen (secondary N) is 1. The van der Waals surface area contributed by atoms with E-state index in [9.17, 15) is 18.0 Å². The first-order valence-electron chi connectivity index (χ1n) is 6.15. The molecular formula is C13H17F3N2O2. The van der Waals surface area contributed by atoms with Crippen LogP contribution in [-0.4, -0.2) is 18.3 Å². The number of ether oxygens (including phenoxy) is 1. The maximum atomic E-state index is 12.0. The van der Waals surface area contributed by atoms with Crippen molar-refractivity contribution in [3.8, 4) is 5.75 Å². The molecule has 1 aromatic carbocycles. The third kappa shape index (κ3) is 5.08. The van der Waals surface area contributed by atoms with E-state index in [1.54, 1.807) is 0 Å². The molecule has 2 unspecified atom stereocenters. The zero-order chi connectivity index (χ0) is 15.3. The van der Waals surface area contributed by atoms with Gasteiger partial charge in [0.15, 0.2) is 0 Å². The average Bonchev–Trinajstić information content (AvgIpc) is 2.37. The Morgan fingerprint density at radius 2 is 1.90 bits per heavy atom. The highest BCUT2D eigenvalue weighted by Crippen LogP contribution is 2.24. The molecule has 4 nitrogen and oxygen atoms in total. The summed E-state index contributed by atoms with van der Waals surface area (Å²) in [4.78, 5) is 11.8. The zero-order valence-corrected chi connectivity index (χ0v) is 11.2. The molecule has 0 saturated heterocycles. The summed E-state index contributed by atoms with van der Waals surface area (Å²) in [5.74, 6) is -0.701. The summed E-state index contributed by atoms with van der Waals surface area (Å²) in [5, 5.41) is 2.55. The standard InChI is InChI=1S/C13H17F3N2O2/c1-3-8(2)11(17)12(19)18-9-4-6-10(7-5-9)20-13(14,15)16/h4-8,11H,3,17H2,1-2H3,(H,18,19). The number of carbonyl (C=O) groups is 1. The van der Waals surface area contributed by atoms with Crippen LogP contribution in [0.5, 0.6) is 5.75 Å². The van der Waals surface area contributed by atoms with Gasteiger partial charge in [0, 0.05) is 5.69 Å². The van der Waals surface area contributed by atoms with Crippen LogP contribution in [0.2, 0.25) is 0 Å². The number of amides is 1. The van der Waals surface area contributed by atoms with Crippen LogP contribution in [0.1, 0.15) is 20.3 Å². The Bertz CT molecular complexity index is 446. The van der Waals surface area contributed by atoms with Gasteiger partial charge in [-0.1, -0.05) is 20.3 Å². The number of alkyl halides is 3. The minimum absolute atomic E-state index is 0.0165. The molecule has 112 valence electrons. The van der Waals surface area contributed by atoms with Crippen LogP contribution < -0.4 is 15.8 Å². The van der Waals surface area contributed by atoms with Crippen molar-refractivity contribution in [3.63, 3.8) is 0 Å². The van der Waals surface area contributed by atoms with Crippen LogP contribution in [0.4, 0.5) is 18.9 Å². The molecule has 0 saturated carbocycles. The third-order valence-corrected chi connectivity index (χ3v) is 2.92. The maximum absolute atomic E-state index is 12.0. The molecule has 1 aromatic rings. The van der Waals surface area contributed by atoms with Crippen molar-refractivity contribution < 1.29 is 22.7 Å². The molecule has 0 bridgehead atoms. The number of nitrogens with two attached hydrogens (primary N) is 1. The molecule has 0 spiro atoms. The summed E-state index contributed by atoms with van der Waals surface area (Å²) in [7, 11) is 0. The molecule has 0 radical (unpaired) electrons. The first kappa shape index (κ1) is 16.3. The van der Waals surface area contributed by atoms with Crippen molar-refractivity contribution >= 4 is 11.6 Å². The summed E-state index contributed by atoms with van der Waals surface area (Å²) in [6.45, 7) is 3.77. The van der Waals surface area contributed by atoms with E-state index in [0.717, 1.165) is 18.6 Å². The van der Waals surface area contributed by atoms with Crippen LogP contribution in [0.25, 0.3) is 0 Å². The van der Waals surface area contributed by atoms with Crippen molar-refractivity contribution in [3.05, 3.63) is 24.3 Å². The Balaban J connectivity index is 2.64. The van der Waals surface area contributed by atoms with Gasteiger partial charge in [-0.05, 0) is 30.2 Å². The monoisotopic (exact) mass is 290 g/mol. The third-order valence-electron chi connectivity index (χ3n) is 2.92. The normalized spacial score (nSPS) is 14.5. The molecular weight excluding hydrogens is 273 g/mol. The van der Waals surface area contributed by atoms with Crippen molar-refractivity contribution in [1.29, 1.82) is 0 Å². The van der Waals surface area contributed by atoms with Crippen LogP contribution in [0.3, 0.4) is 0 Å². The molecule has 0 heterocycles. The number of carbonyl (C=O) groups excluding carboxylic acids is 1. The first-order chi connectivity index (χ1) is 9.23. The fourth-order valence-electron chi connectivity index (χ4n) is 1.48. The van der Waals surface area contributed by atoms with E-state index in [-0.39, 0.29) is 17.6 Å². The average molecular weight is 290 g/mol. The fraction of sp³-hybridized carbons (Fsp3) is 0.462. The lowest BCUT2D eigenvalue weighted by Gasteiger charge is -2.17. The topological polar surface area (TPSA) is 64.4 Å². The number of anilines is 1. The van der Waals surface area contributed by atoms with E-state index >= 15 is 0 Å². The van der Waals surface area contributed by atoms with Gasteiger partial charge in [-0.3, -0.25) is 4.79 Å². The quantitative estimate of drug-likeness (QED) is 0.876. The molecule has 0 aliphatic carbocycles. The summed E-state index contributed by atoms with van der Waals surface area (Å²) in [5.41, 5.74) is 6.11. The number of hydrogen-bond donors (Lipinski definition) is 2. The van der Waals surface area contributed by atoms with E-state index in [4.69, 9.17) is 5.73 Å². The predicted molar refractivity (Wildman–Crippen MR) is 69.2 cm³/mol. The molecule has 3 N–H and O–H groups in total. The second-order valence-corrected chi connectivity index (χ2v) is 4.47. The van der Waals surface area contributed by atoms with E-state index in [0.29, 0.717) is 5.69 Å². The number of halogens is 3. The van der Waals surface area contributed by atoms with Gasteiger partial charge in [0.25, 0.3) is 0 Å². The van der Waals surface area contributed by atoms with Crippen molar-refractivity contribution in [2.75, 3.05) is 5.32 Å². The Labute approximate surface area is 115 Å². The minimum Gasteiger partial charge on any atom is -0.406 e. The van der Waals surface area contributed by atoms with Crippen LogP contribution in [0.15, 0.2) is 24.3 Å². The lowest BCUT2D eigenvalue weighted by atomic mass is 9.99. The van der Waals surface area contributed by atoms with Gasteiger partial charge in [-0.2, -0.15) is 0 Å². The van der Waals surface area contributed by atoms with Gasteiger partial charge in [0.05, 0.1) is 6.04 Å². The molecule has 0 aromatic heterocycles. The first-order valence-corrected chi connectivity index (χ1v) is 6.15. The molecule has 0 aliphatic rings. The van der Waals surface area contributed by atoms with Crippen molar-refractivity contribution in [2.24, 2.45) is 11.7 Å². The van der Waals surface area contributed by atoms with Gasteiger partial charge in [0.1, 0.15) is 5.75 Å². The predicted octanol–water partition coefficient (Wildman–Crippen LogP) is 2.90. The SMILES string of the molecule is CCC(C)C(N)C(=O)Nc1ccc(OC(F)(F)F)cc1. The Morgan fingerprint density at radius 3 is 2.35 bits per heavy atom. The number of rotatable bonds is 5. The Hall–Kier alpha value is -1.76. The molecule has 0 fully saturated rings. The highest BCUT2D eigenvalue weighted by molar-refractivity contribution is 5.94. The Morgan fingerprint density at radius 1 is 1.35 bits per heavy atom. The number of hydrogen-bond acceptors (Lipinski definition) is 3. The number of benzene rings is 1. The van der Waals surface area contributed by atoms with Gasteiger partial charge >= 0.3 is 6.36 Å². The summed E-state index contributed by atoms with van der Waals surface area (Å²) in [6.07, 6.45) is -3.98. The lowest BCUT2D eigenvalue weighted by molar-refractivity contribution is -0.274. The van der Waals surface area contributed by atoms with Crippen molar-refractivity contribution in [1.82, 2.24) is 0 Å². The summed E-state index contributed by atoms with van der Waals surface area (Å²) < 4.78 is 39.7. The highest BCUT2D eigenvalue weighted by Gasteiger charge is 2.31. The highest BCUT2D eigenvalue weighted by atomic mass is 19.4. The second kappa shape index (κ2) is 6.60. The molecule has 2 atom stereocenters. The maximum Gasteiger partial charge on any atom is 0.573 e. The minimum atomic E-state index is -4.73. The summed E-state index contributed by atoms with van der Waals surface area (Å²) in [6, 6.07) is 4.23. The van der Waals surface area contributed by atoms with E-state index < -0.39 is 12.4 Å².